The number of halogens is 3. The van der Waals surface area contributed by atoms with Crippen molar-refractivity contribution in [3.63, 3.8) is 0 Å². The van der Waals surface area contributed by atoms with E-state index in [-0.39, 0.29) is 0 Å². The van der Waals surface area contributed by atoms with Crippen LogP contribution in [0.4, 0.5) is 13.2 Å². The second kappa shape index (κ2) is 2.61. The smallest absolute Gasteiger partial charge is 0.325 e. The van der Waals surface area contributed by atoms with Crippen molar-refractivity contribution < 1.29 is 21.9 Å². The number of hydrogen-bond acceptors (Lipinski definition) is 4. The molecule has 1 aromatic rings. The molecule has 0 fully saturated rings. The molecule has 8 heteroatoms. The van der Waals surface area contributed by atoms with Crippen LogP contribution >= 0.6 is 0 Å². The lowest BCUT2D eigenvalue weighted by atomic mass is 11.3. The fourth-order valence-corrected chi connectivity index (χ4v) is 0.795. The summed E-state index contributed by atoms with van der Waals surface area (Å²) in [6.45, 7) is 0. The van der Waals surface area contributed by atoms with Gasteiger partial charge in [0.2, 0.25) is 10.8 Å². The van der Waals surface area contributed by atoms with Crippen molar-refractivity contribution in [1.82, 2.24) is 10.1 Å². The molecule has 0 saturated heterocycles. The molecule has 0 aliphatic carbocycles. The highest BCUT2D eigenvalue weighted by atomic mass is 32.2. The van der Waals surface area contributed by atoms with Crippen LogP contribution in [-0.2, 0) is 10.8 Å². The summed E-state index contributed by atoms with van der Waals surface area (Å²) in [7, 11) is -3.21. The first-order valence-corrected chi connectivity index (χ1v) is 3.42. The Hall–Kier alpha value is -0.920. The highest BCUT2D eigenvalue weighted by molar-refractivity contribution is 7.85. The van der Waals surface area contributed by atoms with E-state index in [0.717, 1.165) is 6.33 Å². The van der Waals surface area contributed by atoms with Crippen LogP contribution in [0.15, 0.2) is 16.1 Å². The molecule has 0 aromatic carbocycles. The van der Waals surface area contributed by atoms with Gasteiger partial charge in [-0.3, -0.25) is 0 Å². The molecule has 1 atom stereocenters. The van der Waals surface area contributed by atoms with Gasteiger partial charge in [0.15, 0.2) is 6.33 Å². The summed E-state index contributed by atoms with van der Waals surface area (Å²) in [6, 6.07) is 0. The molecule has 0 N–H and O–H groups in total. The maximum absolute atomic E-state index is 11.6. The minimum Gasteiger partial charge on any atom is -0.325 e. The number of aromatic nitrogens is 2. The molecule has 1 heterocycles. The third kappa shape index (κ3) is 1.76. The molecule has 62 valence electrons. The van der Waals surface area contributed by atoms with Crippen molar-refractivity contribution in [2.45, 2.75) is 10.7 Å². The summed E-state index contributed by atoms with van der Waals surface area (Å²) in [6.07, 6.45) is 0.749. The molecule has 0 bridgehead atoms. The van der Waals surface area contributed by atoms with Gasteiger partial charge in [0.25, 0.3) is 0 Å². The zero-order valence-corrected chi connectivity index (χ0v) is 5.65. The molecule has 1 unspecified atom stereocenters. The minimum absolute atomic E-state index is 0.749. The van der Waals surface area contributed by atoms with Gasteiger partial charge in [-0.1, -0.05) is 5.16 Å². The Morgan fingerprint density at radius 2 is 2.18 bits per heavy atom. The molecule has 1 aromatic heterocycles. The van der Waals surface area contributed by atoms with Crippen LogP contribution in [0.5, 0.6) is 0 Å². The normalized spacial score (nSPS) is 14.8. The average molecular weight is 186 g/mol. The SMILES string of the molecule is O=S(c1ncno1)C(F)(F)F. The van der Waals surface area contributed by atoms with Crippen molar-refractivity contribution >= 4 is 10.8 Å². The first-order valence-electron chi connectivity index (χ1n) is 2.27. The highest BCUT2D eigenvalue weighted by Gasteiger charge is 2.41. The molecule has 11 heavy (non-hydrogen) atoms. The fraction of sp³-hybridized carbons (Fsp3) is 0.333. The summed E-state index contributed by atoms with van der Waals surface area (Å²) in [4.78, 5) is 2.98. The first-order chi connectivity index (χ1) is 5.02. The van der Waals surface area contributed by atoms with Crippen LogP contribution in [0, 0.1) is 0 Å². The summed E-state index contributed by atoms with van der Waals surface area (Å²) in [5.41, 5.74) is -4.84. The molecule has 0 aliphatic heterocycles. The van der Waals surface area contributed by atoms with E-state index >= 15 is 0 Å². The van der Waals surface area contributed by atoms with Crippen LogP contribution in [0.25, 0.3) is 0 Å². The largest absolute Gasteiger partial charge is 0.480 e. The Bertz CT molecular complexity index is 256. The third-order valence-corrected chi connectivity index (χ3v) is 1.63. The molecule has 0 spiro atoms. The van der Waals surface area contributed by atoms with E-state index in [9.17, 15) is 17.4 Å². The maximum atomic E-state index is 11.6. The lowest BCUT2D eigenvalue weighted by molar-refractivity contribution is -0.0398. The van der Waals surface area contributed by atoms with Crippen LogP contribution in [0.2, 0.25) is 0 Å². The molecular formula is C3HF3N2O2S. The second-order valence-electron chi connectivity index (χ2n) is 1.42. The van der Waals surface area contributed by atoms with Gasteiger partial charge in [0, 0.05) is 0 Å². The van der Waals surface area contributed by atoms with Crippen molar-refractivity contribution in [3.8, 4) is 0 Å². The summed E-state index contributed by atoms with van der Waals surface area (Å²) in [5, 5.41) is 1.94. The predicted molar refractivity (Wildman–Crippen MR) is 26.8 cm³/mol. The van der Waals surface area contributed by atoms with Crippen molar-refractivity contribution in [2.24, 2.45) is 0 Å². The molecule has 4 nitrogen and oxygen atoms in total. The second-order valence-corrected chi connectivity index (χ2v) is 2.77. The lowest BCUT2D eigenvalue weighted by Gasteiger charge is -1.99. The van der Waals surface area contributed by atoms with Gasteiger partial charge in [-0.15, -0.1) is 0 Å². The monoisotopic (exact) mass is 186 g/mol. The van der Waals surface area contributed by atoms with E-state index in [1.54, 1.807) is 0 Å². The predicted octanol–water partition coefficient (Wildman–Crippen LogP) is 0.697. The van der Waals surface area contributed by atoms with Crippen molar-refractivity contribution in [3.05, 3.63) is 6.33 Å². The third-order valence-electron chi connectivity index (χ3n) is 0.710. The Labute approximate surface area is 60.9 Å². The first kappa shape index (κ1) is 8.18. The number of hydrogen-bond donors (Lipinski definition) is 0. The molecular weight excluding hydrogens is 185 g/mol. The Morgan fingerprint density at radius 3 is 2.55 bits per heavy atom. The van der Waals surface area contributed by atoms with Gasteiger partial charge in [-0.25, -0.2) is 4.21 Å². The zero-order chi connectivity index (χ0) is 8.48. The topological polar surface area (TPSA) is 56.0 Å². The van der Waals surface area contributed by atoms with Crippen molar-refractivity contribution in [1.29, 1.82) is 0 Å². The number of nitrogens with zero attached hydrogens (tertiary/aromatic N) is 2. The van der Waals surface area contributed by atoms with Gasteiger partial charge >= 0.3 is 10.7 Å². The summed E-state index contributed by atoms with van der Waals surface area (Å²) >= 11 is 0. The lowest BCUT2D eigenvalue weighted by Crippen LogP contribution is -2.16. The zero-order valence-electron chi connectivity index (χ0n) is 4.83. The maximum Gasteiger partial charge on any atom is 0.480 e. The Balaban J connectivity index is 2.88. The molecule has 0 radical (unpaired) electrons. The van der Waals surface area contributed by atoms with Gasteiger partial charge in [-0.2, -0.15) is 18.2 Å². The summed E-state index contributed by atoms with van der Waals surface area (Å²) in [5.74, 6) is 0. The number of rotatable bonds is 1. The minimum atomic E-state index is -4.84. The Morgan fingerprint density at radius 1 is 1.55 bits per heavy atom. The van der Waals surface area contributed by atoms with Crippen LogP contribution in [0.3, 0.4) is 0 Å². The summed E-state index contributed by atoms with van der Waals surface area (Å²) < 4.78 is 49.0. The van der Waals surface area contributed by atoms with E-state index in [0.29, 0.717) is 0 Å². The van der Waals surface area contributed by atoms with E-state index in [1.165, 1.54) is 0 Å². The Kier molecular flexibility index (Phi) is 1.94. The standard InChI is InChI=1S/C3HF3N2O2S/c4-3(5,6)11(9)2-7-1-8-10-2/h1H. The van der Waals surface area contributed by atoms with E-state index in [2.05, 4.69) is 14.7 Å². The van der Waals surface area contributed by atoms with E-state index in [4.69, 9.17) is 0 Å². The van der Waals surface area contributed by atoms with Gasteiger partial charge in [0.05, 0.1) is 0 Å². The van der Waals surface area contributed by atoms with Gasteiger partial charge in [-0.05, 0) is 0 Å². The quantitative estimate of drug-likeness (QED) is 0.647. The molecule has 0 aliphatic rings. The average Bonchev–Trinajstić information content (AvgIpc) is 2.34. The van der Waals surface area contributed by atoms with Gasteiger partial charge in [0.1, 0.15) is 0 Å². The van der Waals surface area contributed by atoms with Gasteiger partial charge < -0.3 is 4.52 Å². The van der Waals surface area contributed by atoms with E-state index < -0.39 is 21.5 Å². The molecule has 1 rings (SSSR count). The van der Waals surface area contributed by atoms with E-state index in [1.807, 2.05) is 0 Å². The van der Waals surface area contributed by atoms with Crippen LogP contribution < -0.4 is 0 Å². The van der Waals surface area contributed by atoms with Crippen molar-refractivity contribution in [2.75, 3.05) is 0 Å². The molecule has 0 saturated carbocycles. The van der Waals surface area contributed by atoms with Crippen LogP contribution in [0.1, 0.15) is 0 Å². The highest BCUT2D eigenvalue weighted by Crippen LogP contribution is 2.24. The number of alkyl halides is 3. The molecule has 0 amide bonds. The van der Waals surface area contributed by atoms with Crippen LogP contribution in [-0.4, -0.2) is 19.9 Å². The fourth-order valence-electron chi connectivity index (χ4n) is 0.344.